The summed E-state index contributed by atoms with van der Waals surface area (Å²) in [6, 6.07) is 9.00. The summed E-state index contributed by atoms with van der Waals surface area (Å²) >= 11 is 0. The smallest absolute Gasteiger partial charge is 0.407 e. The van der Waals surface area contributed by atoms with Gasteiger partial charge in [-0.2, -0.15) is 0 Å². The SMILES string of the molecule is CC(C)(N)C(=O)N[C@H](COCc1ccccc1)c1nnnn1CCOC(=O)NCCCn1ccnc1. The molecule has 0 aliphatic carbocycles. The number of benzene rings is 1. The number of ether oxygens (including phenoxy) is 2. The van der Waals surface area contributed by atoms with E-state index in [0.29, 0.717) is 19.0 Å². The Hall–Kier alpha value is -3.84. The molecular weight excluding hydrogens is 466 g/mol. The van der Waals surface area contributed by atoms with Crippen molar-refractivity contribution in [2.75, 3.05) is 19.8 Å². The molecule has 3 aromatic rings. The quantitative estimate of drug-likeness (QED) is 0.272. The Kier molecular flexibility index (Phi) is 9.89. The van der Waals surface area contributed by atoms with Crippen LogP contribution < -0.4 is 16.4 Å². The maximum atomic E-state index is 12.6. The number of amides is 2. The minimum absolute atomic E-state index is 0.0410. The predicted octanol–water partition coefficient (Wildman–Crippen LogP) is 0.797. The van der Waals surface area contributed by atoms with Crippen LogP contribution in [-0.2, 0) is 34.0 Å². The van der Waals surface area contributed by atoms with Gasteiger partial charge in [0.25, 0.3) is 0 Å². The molecule has 194 valence electrons. The molecule has 0 saturated carbocycles. The number of imidazole rings is 1. The van der Waals surface area contributed by atoms with Crippen LogP contribution in [0, 0.1) is 0 Å². The maximum Gasteiger partial charge on any atom is 0.407 e. The van der Waals surface area contributed by atoms with Gasteiger partial charge in [0.1, 0.15) is 12.6 Å². The van der Waals surface area contributed by atoms with Crippen molar-refractivity contribution in [1.82, 2.24) is 40.4 Å². The number of rotatable bonds is 14. The fraction of sp³-hybridized carbons (Fsp3) is 0.478. The van der Waals surface area contributed by atoms with Gasteiger partial charge in [0, 0.05) is 25.5 Å². The summed E-state index contributed by atoms with van der Waals surface area (Å²) in [5.74, 6) is -0.0123. The first-order chi connectivity index (χ1) is 17.3. The van der Waals surface area contributed by atoms with Crippen LogP contribution in [-0.4, -0.2) is 67.1 Å². The zero-order chi connectivity index (χ0) is 25.8. The monoisotopic (exact) mass is 499 g/mol. The number of nitrogens with zero attached hydrogens (tertiary/aromatic N) is 6. The highest BCUT2D eigenvalue weighted by Crippen LogP contribution is 2.13. The Labute approximate surface area is 209 Å². The fourth-order valence-corrected chi connectivity index (χ4v) is 3.16. The molecule has 0 spiro atoms. The van der Waals surface area contributed by atoms with Crippen LogP contribution in [0.5, 0.6) is 0 Å². The summed E-state index contributed by atoms with van der Waals surface area (Å²) in [6.07, 6.45) is 5.50. The summed E-state index contributed by atoms with van der Waals surface area (Å²) in [5, 5.41) is 17.3. The Morgan fingerprint density at radius 3 is 2.72 bits per heavy atom. The third-order valence-electron chi connectivity index (χ3n) is 5.12. The van der Waals surface area contributed by atoms with Gasteiger partial charge in [-0.1, -0.05) is 30.3 Å². The maximum absolute atomic E-state index is 12.6. The van der Waals surface area contributed by atoms with Crippen molar-refractivity contribution in [2.45, 2.75) is 51.5 Å². The fourth-order valence-electron chi connectivity index (χ4n) is 3.16. The molecule has 3 rings (SSSR count). The standard InChI is InChI=1S/C23H33N9O4/c1-23(2,24)21(33)27-19(16-35-15-18-7-4-3-5-8-18)20-28-29-30-32(20)13-14-36-22(34)26-9-6-11-31-12-10-25-17-31/h3-5,7-8,10,12,17,19H,6,9,11,13-16,24H2,1-2H3,(H,26,34)(H,27,33)/t19-/m1/s1. The summed E-state index contributed by atoms with van der Waals surface area (Å²) < 4.78 is 14.5. The number of nitrogens with two attached hydrogens (primary N) is 1. The van der Waals surface area contributed by atoms with Crippen molar-refractivity contribution < 1.29 is 19.1 Å². The van der Waals surface area contributed by atoms with Gasteiger partial charge in [-0.25, -0.2) is 14.5 Å². The van der Waals surface area contributed by atoms with Gasteiger partial charge in [-0.15, -0.1) is 5.10 Å². The molecule has 1 aromatic carbocycles. The van der Waals surface area contributed by atoms with E-state index in [1.807, 2.05) is 41.1 Å². The van der Waals surface area contributed by atoms with Crippen LogP contribution in [0.2, 0.25) is 0 Å². The number of carbonyl (C=O) groups is 2. The van der Waals surface area contributed by atoms with Crippen molar-refractivity contribution in [2.24, 2.45) is 5.73 Å². The number of tetrazole rings is 1. The van der Waals surface area contributed by atoms with Crippen molar-refractivity contribution >= 4 is 12.0 Å². The van der Waals surface area contributed by atoms with Crippen LogP contribution in [0.4, 0.5) is 4.79 Å². The molecule has 0 aliphatic rings. The van der Waals surface area contributed by atoms with Gasteiger partial charge < -0.3 is 30.4 Å². The first-order valence-corrected chi connectivity index (χ1v) is 11.7. The van der Waals surface area contributed by atoms with Gasteiger partial charge in [-0.3, -0.25) is 4.79 Å². The van der Waals surface area contributed by atoms with E-state index in [2.05, 4.69) is 31.1 Å². The lowest BCUT2D eigenvalue weighted by Crippen LogP contribution is -2.51. The molecule has 4 N–H and O–H groups in total. The minimum Gasteiger partial charge on any atom is -0.448 e. The zero-order valence-electron chi connectivity index (χ0n) is 20.5. The second kappa shape index (κ2) is 13.3. The van der Waals surface area contributed by atoms with E-state index in [9.17, 15) is 9.59 Å². The number of carbonyl (C=O) groups excluding carboxylic acids is 2. The van der Waals surface area contributed by atoms with Gasteiger partial charge in [0.2, 0.25) is 5.91 Å². The van der Waals surface area contributed by atoms with E-state index in [1.165, 1.54) is 4.68 Å². The average molecular weight is 500 g/mol. The first-order valence-electron chi connectivity index (χ1n) is 11.7. The second-order valence-electron chi connectivity index (χ2n) is 8.73. The summed E-state index contributed by atoms with van der Waals surface area (Å²) in [7, 11) is 0. The zero-order valence-corrected chi connectivity index (χ0v) is 20.5. The lowest BCUT2D eigenvalue weighted by atomic mass is 10.1. The molecule has 2 heterocycles. The molecular formula is C23H33N9O4. The number of aryl methyl sites for hydroxylation is 1. The minimum atomic E-state index is -1.10. The van der Waals surface area contributed by atoms with Gasteiger partial charge in [0.05, 0.1) is 31.6 Å². The van der Waals surface area contributed by atoms with E-state index in [0.717, 1.165) is 18.5 Å². The van der Waals surface area contributed by atoms with Crippen molar-refractivity contribution in [1.29, 1.82) is 0 Å². The van der Waals surface area contributed by atoms with E-state index in [1.54, 1.807) is 26.4 Å². The van der Waals surface area contributed by atoms with Crippen LogP contribution in [0.15, 0.2) is 49.1 Å². The largest absolute Gasteiger partial charge is 0.448 e. The normalized spacial score (nSPS) is 12.2. The Morgan fingerprint density at radius 2 is 2.00 bits per heavy atom. The lowest BCUT2D eigenvalue weighted by Gasteiger charge is -2.23. The lowest BCUT2D eigenvalue weighted by molar-refractivity contribution is -0.126. The van der Waals surface area contributed by atoms with Crippen LogP contribution >= 0.6 is 0 Å². The number of hydrogen-bond donors (Lipinski definition) is 3. The van der Waals surface area contributed by atoms with E-state index in [-0.39, 0.29) is 25.7 Å². The number of nitrogens with one attached hydrogen (secondary N) is 2. The van der Waals surface area contributed by atoms with Crippen molar-refractivity contribution in [3.63, 3.8) is 0 Å². The van der Waals surface area contributed by atoms with Gasteiger partial charge in [0.15, 0.2) is 5.82 Å². The number of hydrogen-bond acceptors (Lipinski definition) is 9. The highest BCUT2D eigenvalue weighted by Gasteiger charge is 2.28. The van der Waals surface area contributed by atoms with Crippen molar-refractivity contribution in [3.8, 4) is 0 Å². The predicted molar refractivity (Wildman–Crippen MR) is 129 cm³/mol. The number of alkyl carbamates (subject to hydrolysis) is 1. The van der Waals surface area contributed by atoms with E-state index in [4.69, 9.17) is 15.2 Å². The molecule has 0 aliphatic heterocycles. The molecule has 13 nitrogen and oxygen atoms in total. The second-order valence-corrected chi connectivity index (χ2v) is 8.73. The molecule has 1 atom stereocenters. The Balaban J connectivity index is 1.50. The van der Waals surface area contributed by atoms with E-state index >= 15 is 0 Å². The summed E-state index contributed by atoms with van der Waals surface area (Å²) in [5.41, 5.74) is 5.84. The first kappa shape index (κ1) is 26.8. The summed E-state index contributed by atoms with van der Waals surface area (Å²) in [6.45, 7) is 5.13. The van der Waals surface area contributed by atoms with Crippen molar-refractivity contribution in [3.05, 3.63) is 60.4 Å². The molecule has 13 heteroatoms. The number of aromatic nitrogens is 6. The van der Waals surface area contributed by atoms with Gasteiger partial charge >= 0.3 is 6.09 Å². The van der Waals surface area contributed by atoms with E-state index < -0.39 is 17.7 Å². The Bertz CT molecular complexity index is 1060. The van der Waals surface area contributed by atoms with Gasteiger partial charge in [-0.05, 0) is 36.3 Å². The highest BCUT2D eigenvalue weighted by atomic mass is 16.5. The molecule has 0 fully saturated rings. The molecule has 0 radical (unpaired) electrons. The summed E-state index contributed by atoms with van der Waals surface area (Å²) in [4.78, 5) is 28.5. The molecule has 36 heavy (non-hydrogen) atoms. The third-order valence-corrected chi connectivity index (χ3v) is 5.12. The van der Waals surface area contributed by atoms with Crippen LogP contribution in [0.1, 0.15) is 37.7 Å². The van der Waals surface area contributed by atoms with Crippen LogP contribution in [0.25, 0.3) is 0 Å². The average Bonchev–Trinajstić information content (AvgIpc) is 3.53. The topological polar surface area (TPSA) is 164 Å². The molecule has 0 unspecified atom stereocenters. The molecule has 2 amide bonds. The van der Waals surface area contributed by atoms with Crippen LogP contribution in [0.3, 0.4) is 0 Å². The third kappa shape index (κ3) is 8.74. The highest BCUT2D eigenvalue weighted by molar-refractivity contribution is 5.85. The molecule has 0 bridgehead atoms. The Morgan fingerprint density at radius 1 is 1.19 bits per heavy atom. The molecule has 2 aromatic heterocycles. The molecule has 0 saturated heterocycles.